The fraction of sp³-hybridized carbons (Fsp3) is 0.560. The Labute approximate surface area is 385 Å². The number of methoxy groups -OCH3 is 1. The van der Waals surface area contributed by atoms with E-state index in [1.807, 2.05) is 51.1 Å². The molecule has 2 aromatic carbocycles. The first-order chi connectivity index (χ1) is 28.4. The fourth-order valence-corrected chi connectivity index (χ4v) is 9.22. The zero-order chi connectivity index (χ0) is 42.6. The number of aliphatic hydroxyl groups excluding tert-OH is 3. The first kappa shape index (κ1) is 51.8. The summed E-state index contributed by atoms with van der Waals surface area (Å²) in [5, 5.41) is 40.4. The second-order valence-corrected chi connectivity index (χ2v) is 16.9. The van der Waals surface area contributed by atoms with E-state index in [9.17, 15) is 24.9 Å². The van der Waals surface area contributed by atoms with Crippen LogP contribution in [0.3, 0.4) is 0 Å². The van der Waals surface area contributed by atoms with Crippen LogP contribution in [0.4, 0.5) is 0 Å². The molecule has 5 N–H and O–H groups in total. The van der Waals surface area contributed by atoms with Gasteiger partial charge in [-0.05, 0) is 80.8 Å². The maximum Gasteiger partial charge on any atom is 1.00 e. The van der Waals surface area contributed by atoms with Crippen molar-refractivity contribution in [1.29, 1.82) is 0 Å². The Balaban J connectivity index is 0.000000315. The van der Waals surface area contributed by atoms with Crippen molar-refractivity contribution in [2.75, 3.05) is 7.11 Å². The molecule has 2 aliphatic heterocycles. The van der Waals surface area contributed by atoms with E-state index in [2.05, 4.69) is 54.9 Å². The predicted octanol–water partition coefficient (Wildman–Crippen LogP) is 4.76. The van der Waals surface area contributed by atoms with Crippen LogP contribution in [0.2, 0.25) is 0 Å². The zero-order valence-corrected chi connectivity index (χ0v) is 39.1. The quantitative estimate of drug-likeness (QED) is 0.0799. The molecule has 326 valence electrons. The van der Waals surface area contributed by atoms with Crippen molar-refractivity contribution < 1.29 is 79.3 Å². The van der Waals surface area contributed by atoms with Crippen molar-refractivity contribution in [1.82, 2.24) is 0 Å². The first-order valence-corrected chi connectivity index (χ1v) is 21.4. The smallest absolute Gasteiger partial charge is 0.870 e. The van der Waals surface area contributed by atoms with Crippen LogP contribution < -0.4 is 39.0 Å². The SMILES string of the molecule is CC#CC[C@@H](C)[C@H](O)/C=C/[C@@H]1[C@H]2c3cccc(CCCC(=O)O)c3O[C@H]2C[C@H]1O.CC#CC[C@@H](C)[C@H](O)/C=C/[C@@H]1[C@H]2c3cccc(CCCC(=O)OC)c3O[C@H]2C[C@H]1C.[Na+].[OH-]. The molecule has 10 nitrogen and oxygen atoms in total. The van der Waals surface area contributed by atoms with Gasteiger partial charge < -0.3 is 40.1 Å². The topological polar surface area (TPSA) is 173 Å². The van der Waals surface area contributed by atoms with Crippen molar-refractivity contribution in [2.24, 2.45) is 29.6 Å². The molecule has 12 atom stereocenters. The van der Waals surface area contributed by atoms with Crippen molar-refractivity contribution in [2.45, 2.75) is 141 Å². The van der Waals surface area contributed by atoms with E-state index >= 15 is 0 Å². The third-order valence-corrected chi connectivity index (χ3v) is 12.6. The molecule has 6 rings (SSSR count). The van der Waals surface area contributed by atoms with Gasteiger partial charge in [0, 0.05) is 61.0 Å². The van der Waals surface area contributed by atoms with Gasteiger partial charge in [0.25, 0.3) is 0 Å². The Morgan fingerprint density at radius 1 is 0.803 bits per heavy atom. The molecule has 61 heavy (non-hydrogen) atoms. The van der Waals surface area contributed by atoms with Crippen LogP contribution in [0.25, 0.3) is 0 Å². The fourth-order valence-electron chi connectivity index (χ4n) is 9.22. The van der Waals surface area contributed by atoms with Crippen LogP contribution in [-0.2, 0) is 27.2 Å². The summed E-state index contributed by atoms with van der Waals surface area (Å²) in [4.78, 5) is 22.2. The van der Waals surface area contributed by atoms with E-state index in [0.29, 0.717) is 56.3 Å². The first-order valence-electron chi connectivity index (χ1n) is 21.4. The van der Waals surface area contributed by atoms with Crippen LogP contribution in [0.1, 0.15) is 120 Å². The number of ether oxygens (including phenoxy) is 3. The van der Waals surface area contributed by atoms with Gasteiger partial charge in [-0.25, -0.2) is 0 Å². The average Bonchev–Trinajstić information content (AvgIpc) is 3.94. The van der Waals surface area contributed by atoms with Gasteiger partial charge in [-0.1, -0.05) is 81.5 Å². The molecule has 2 aromatic rings. The molecule has 2 saturated carbocycles. The molecular formula is C50H65NaO10. The minimum Gasteiger partial charge on any atom is -0.870 e. The van der Waals surface area contributed by atoms with Gasteiger partial charge in [0.2, 0.25) is 0 Å². The van der Waals surface area contributed by atoms with Crippen molar-refractivity contribution in [3.05, 3.63) is 83.0 Å². The second-order valence-electron chi connectivity index (χ2n) is 16.9. The number of para-hydroxylation sites is 2. The number of carbonyl (C=O) groups excluding carboxylic acids is 1. The number of rotatable bonds is 16. The molecular weight excluding hydrogens is 784 g/mol. The molecule has 11 heteroatoms. The summed E-state index contributed by atoms with van der Waals surface area (Å²) in [7, 11) is 1.43. The van der Waals surface area contributed by atoms with Crippen LogP contribution in [0.15, 0.2) is 60.7 Å². The molecule has 2 fully saturated rings. The van der Waals surface area contributed by atoms with E-state index in [0.717, 1.165) is 41.9 Å². The van der Waals surface area contributed by atoms with Crippen LogP contribution in [0, 0.1) is 53.3 Å². The van der Waals surface area contributed by atoms with Gasteiger partial charge in [0.1, 0.15) is 23.7 Å². The number of esters is 1. The summed E-state index contributed by atoms with van der Waals surface area (Å²) in [6.45, 7) is 9.89. The summed E-state index contributed by atoms with van der Waals surface area (Å²) < 4.78 is 17.4. The standard InChI is InChI=1S/C26H34O4.C24H30O5.Na.H2O/c1-5-6-9-17(2)22(27)15-14-20-18(3)16-23-25(20)21-12-7-10-19(26(21)30-23)11-8-13-24(28)29-4;1-3-4-7-15(2)19(25)13-12-17-20(26)14-21-23(17)18-10-5-8-16(24(18)29-21)9-6-11-22(27)28;;/h7,10,12,14-15,17-18,20,22-23,25,27H,8-9,11,13,16H2,1-4H3;5,8,10,12-13,15,17,19-21,23,25-26H,6-7,9,11,14H2,1-2H3,(H,27,28);;1H2/q;;+1;/p-1/b15-14+;13-12+;;/t17-,18-,20+,22-,23+,25+;15-,17+,19-,20-,21+,23+;;/m11../s1. The third-order valence-electron chi connectivity index (χ3n) is 12.6. The largest absolute Gasteiger partial charge is 1.00 e. The Hall–Kier alpha value is -3.58. The van der Waals surface area contributed by atoms with E-state index in [1.54, 1.807) is 13.0 Å². The van der Waals surface area contributed by atoms with Gasteiger partial charge in [-0.3, -0.25) is 9.59 Å². The van der Waals surface area contributed by atoms with E-state index in [4.69, 9.17) is 19.3 Å². The summed E-state index contributed by atoms with van der Waals surface area (Å²) >= 11 is 0. The number of benzene rings is 2. The van der Waals surface area contributed by atoms with E-state index in [1.165, 1.54) is 18.2 Å². The van der Waals surface area contributed by atoms with Gasteiger partial charge in [0.15, 0.2) is 0 Å². The van der Waals surface area contributed by atoms with Gasteiger partial charge in [-0.15, -0.1) is 23.7 Å². The molecule has 4 aliphatic rings. The number of aliphatic hydroxyl groups is 3. The Bertz CT molecular complexity index is 1940. The number of aryl methyl sites for hydroxylation is 2. The average molecular weight is 849 g/mol. The molecule has 0 spiro atoms. The summed E-state index contributed by atoms with van der Waals surface area (Å²) in [5.41, 5.74) is 4.55. The second kappa shape index (κ2) is 24.9. The normalized spacial score (nSPS) is 25.7. The Morgan fingerprint density at radius 3 is 1.77 bits per heavy atom. The molecule has 0 unspecified atom stereocenters. The Morgan fingerprint density at radius 2 is 1.28 bits per heavy atom. The number of allylic oxidation sites excluding steroid dienone is 1. The van der Waals surface area contributed by atoms with Crippen molar-refractivity contribution >= 4 is 11.9 Å². The third kappa shape index (κ3) is 13.2. The number of carboxylic acids is 1. The number of carbonyl (C=O) groups is 2. The summed E-state index contributed by atoms with van der Waals surface area (Å²) in [5.74, 6) is 14.0. The molecule has 0 amide bonds. The van der Waals surface area contributed by atoms with Crippen LogP contribution in [-0.4, -0.2) is 75.5 Å². The monoisotopic (exact) mass is 848 g/mol. The Kier molecular flexibility index (Phi) is 21.1. The molecule has 0 bridgehead atoms. The van der Waals surface area contributed by atoms with Gasteiger partial charge in [0.05, 0.1) is 25.4 Å². The molecule has 0 aromatic heterocycles. The number of aliphatic carboxylic acids is 1. The number of hydrogen-bond donors (Lipinski definition) is 4. The molecule has 0 radical (unpaired) electrons. The van der Waals surface area contributed by atoms with E-state index < -0.39 is 24.3 Å². The van der Waals surface area contributed by atoms with E-state index in [-0.39, 0.29) is 83.3 Å². The molecule has 2 heterocycles. The number of hydrogen-bond acceptors (Lipinski definition) is 9. The maximum atomic E-state index is 11.4. The van der Waals surface area contributed by atoms with Crippen LogP contribution in [0.5, 0.6) is 11.5 Å². The van der Waals surface area contributed by atoms with Gasteiger partial charge >= 0.3 is 41.5 Å². The number of carboxylic acid groups (broad SMARTS) is 1. The summed E-state index contributed by atoms with van der Waals surface area (Å²) in [6, 6.07) is 12.4. The zero-order valence-electron chi connectivity index (χ0n) is 37.1. The maximum absolute atomic E-state index is 11.4. The van der Waals surface area contributed by atoms with Gasteiger partial charge in [-0.2, -0.15) is 0 Å². The minimum atomic E-state index is -0.790. The van der Waals surface area contributed by atoms with Crippen molar-refractivity contribution in [3.8, 4) is 35.2 Å². The van der Waals surface area contributed by atoms with Crippen LogP contribution >= 0.6 is 0 Å². The number of fused-ring (bicyclic) bond motifs is 6. The van der Waals surface area contributed by atoms with Crippen molar-refractivity contribution in [3.63, 3.8) is 0 Å². The molecule has 0 saturated heterocycles. The summed E-state index contributed by atoms with van der Waals surface area (Å²) in [6.07, 6.45) is 12.7. The predicted molar refractivity (Wildman–Crippen MR) is 231 cm³/mol. The molecule has 2 aliphatic carbocycles. The minimum absolute atomic E-state index is 0.